The van der Waals surface area contributed by atoms with Crippen molar-refractivity contribution in [1.29, 1.82) is 5.26 Å². The molecule has 0 saturated heterocycles. The lowest BCUT2D eigenvalue weighted by Crippen LogP contribution is -2.13. The van der Waals surface area contributed by atoms with E-state index in [1.807, 2.05) is 6.07 Å². The number of benzene rings is 3. The van der Waals surface area contributed by atoms with Gasteiger partial charge >= 0.3 is 5.97 Å². The molecule has 0 spiro atoms. The van der Waals surface area contributed by atoms with Crippen molar-refractivity contribution in [2.24, 2.45) is 0 Å². The molecule has 0 saturated carbocycles. The fourth-order valence-corrected chi connectivity index (χ4v) is 3.82. The van der Waals surface area contributed by atoms with Crippen LogP contribution in [0.15, 0.2) is 66.2 Å². The van der Waals surface area contributed by atoms with E-state index in [2.05, 4.69) is 27.9 Å². The van der Waals surface area contributed by atoms with Crippen LogP contribution in [0.1, 0.15) is 21.5 Å². The van der Waals surface area contributed by atoms with Gasteiger partial charge in [0.2, 0.25) is 0 Å². The van der Waals surface area contributed by atoms with E-state index < -0.39 is 11.9 Å². The predicted molar refractivity (Wildman–Crippen MR) is 137 cm³/mol. The number of carbonyl (C=O) groups is 2. The van der Waals surface area contributed by atoms with Crippen LogP contribution in [0, 0.1) is 14.9 Å². The summed E-state index contributed by atoms with van der Waals surface area (Å²) >= 11 is 7.94. The van der Waals surface area contributed by atoms with E-state index in [0.29, 0.717) is 31.3 Å². The second-order valence-corrected chi connectivity index (χ2v) is 8.55. The molecule has 0 unspecified atom stereocenters. The molecule has 0 aliphatic carbocycles. The normalized spacial score (nSPS) is 10.8. The number of methoxy groups -OCH3 is 1. The summed E-state index contributed by atoms with van der Waals surface area (Å²) in [4.78, 5) is 23.5. The van der Waals surface area contributed by atoms with E-state index in [4.69, 9.17) is 26.2 Å². The summed E-state index contributed by atoms with van der Waals surface area (Å²) < 4.78 is 12.1. The van der Waals surface area contributed by atoms with E-state index in [1.165, 1.54) is 25.3 Å². The lowest BCUT2D eigenvalue weighted by molar-refractivity contribution is -0.112. The molecule has 7 nitrogen and oxygen atoms in total. The van der Waals surface area contributed by atoms with Gasteiger partial charge in [-0.05, 0) is 88.3 Å². The Morgan fingerprint density at radius 1 is 1.15 bits per heavy atom. The number of nitrogens with one attached hydrogen (secondary N) is 1. The first-order valence-corrected chi connectivity index (χ1v) is 11.3. The molecule has 0 atom stereocenters. The Hall–Kier alpha value is -3.55. The highest BCUT2D eigenvalue weighted by Crippen LogP contribution is 2.35. The Morgan fingerprint density at radius 3 is 2.41 bits per heavy atom. The summed E-state index contributed by atoms with van der Waals surface area (Å²) in [5.41, 5.74) is 2.00. The molecule has 0 aliphatic rings. The standard InChI is InChI=1S/C25H18ClIN2O5/c1-33-22-12-16(10-18(13-28)24(30)29-20-8-6-19(26)7-9-20)11-21(27)23(22)34-14-15-2-4-17(5-3-15)25(31)32/h2-12H,14H2,1H3,(H,29,30)(H,31,32)/b18-10-. The van der Waals surface area contributed by atoms with Crippen LogP contribution in [0.2, 0.25) is 5.02 Å². The lowest BCUT2D eigenvalue weighted by Gasteiger charge is -2.14. The molecule has 0 aromatic heterocycles. The molecular formula is C25H18ClIN2O5. The molecule has 0 heterocycles. The number of anilines is 1. The van der Waals surface area contributed by atoms with Crippen LogP contribution in [0.4, 0.5) is 5.69 Å². The maximum atomic E-state index is 12.5. The molecule has 3 aromatic rings. The maximum absolute atomic E-state index is 12.5. The van der Waals surface area contributed by atoms with Crippen molar-refractivity contribution in [3.05, 3.63) is 91.5 Å². The van der Waals surface area contributed by atoms with Crippen LogP contribution < -0.4 is 14.8 Å². The summed E-state index contributed by atoms with van der Waals surface area (Å²) in [6.45, 7) is 0.203. The van der Waals surface area contributed by atoms with Crippen molar-refractivity contribution in [3.8, 4) is 17.6 Å². The highest BCUT2D eigenvalue weighted by Gasteiger charge is 2.14. The summed E-state index contributed by atoms with van der Waals surface area (Å²) in [6.07, 6.45) is 1.46. The molecule has 0 aliphatic heterocycles. The van der Waals surface area contributed by atoms with Gasteiger partial charge in [-0.25, -0.2) is 4.79 Å². The van der Waals surface area contributed by atoms with Crippen molar-refractivity contribution in [2.75, 3.05) is 12.4 Å². The van der Waals surface area contributed by atoms with Gasteiger partial charge in [-0.1, -0.05) is 23.7 Å². The number of nitriles is 1. The van der Waals surface area contributed by atoms with Crippen LogP contribution in [-0.2, 0) is 11.4 Å². The second kappa shape index (κ2) is 11.5. The third kappa shape index (κ3) is 6.50. The number of hydrogen-bond acceptors (Lipinski definition) is 5. The zero-order chi connectivity index (χ0) is 24.7. The number of nitrogens with zero attached hydrogens (tertiary/aromatic N) is 1. The average molecular weight is 589 g/mol. The molecule has 9 heteroatoms. The second-order valence-electron chi connectivity index (χ2n) is 6.96. The number of amides is 1. The zero-order valence-electron chi connectivity index (χ0n) is 17.8. The van der Waals surface area contributed by atoms with Gasteiger partial charge in [0, 0.05) is 10.7 Å². The average Bonchev–Trinajstić information content (AvgIpc) is 2.83. The number of rotatable bonds is 8. The Kier molecular flexibility index (Phi) is 8.51. The van der Waals surface area contributed by atoms with E-state index in [1.54, 1.807) is 48.5 Å². The van der Waals surface area contributed by atoms with Crippen molar-refractivity contribution < 1.29 is 24.2 Å². The Balaban J connectivity index is 1.78. The van der Waals surface area contributed by atoms with Crippen LogP contribution in [-0.4, -0.2) is 24.1 Å². The molecule has 0 radical (unpaired) electrons. The van der Waals surface area contributed by atoms with Crippen LogP contribution >= 0.6 is 34.2 Å². The highest BCUT2D eigenvalue weighted by atomic mass is 127. The predicted octanol–water partition coefficient (Wildman–Crippen LogP) is 5.78. The molecule has 3 rings (SSSR count). The van der Waals surface area contributed by atoms with Crippen LogP contribution in [0.3, 0.4) is 0 Å². The fourth-order valence-electron chi connectivity index (χ4n) is 2.91. The maximum Gasteiger partial charge on any atom is 0.335 e. The monoisotopic (exact) mass is 588 g/mol. The third-order valence-corrected chi connectivity index (χ3v) is 5.67. The largest absolute Gasteiger partial charge is 0.493 e. The van der Waals surface area contributed by atoms with E-state index in [-0.39, 0.29) is 17.7 Å². The van der Waals surface area contributed by atoms with E-state index in [0.717, 1.165) is 5.56 Å². The summed E-state index contributed by atoms with van der Waals surface area (Å²) in [7, 11) is 1.49. The molecule has 3 aromatic carbocycles. The van der Waals surface area contributed by atoms with Gasteiger partial charge in [0.25, 0.3) is 5.91 Å². The molecule has 34 heavy (non-hydrogen) atoms. The number of aromatic carboxylic acids is 1. The van der Waals surface area contributed by atoms with Crippen molar-refractivity contribution in [2.45, 2.75) is 6.61 Å². The molecule has 0 fully saturated rings. The molecule has 1 amide bonds. The minimum absolute atomic E-state index is 0.0833. The van der Waals surface area contributed by atoms with E-state index in [9.17, 15) is 14.9 Å². The van der Waals surface area contributed by atoms with Gasteiger partial charge in [-0.3, -0.25) is 4.79 Å². The van der Waals surface area contributed by atoms with Gasteiger partial charge in [0.1, 0.15) is 18.2 Å². The third-order valence-electron chi connectivity index (χ3n) is 4.61. The Labute approximate surface area is 214 Å². The number of ether oxygens (including phenoxy) is 2. The number of carboxylic acid groups (broad SMARTS) is 1. The van der Waals surface area contributed by atoms with Crippen LogP contribution in [0.5, 0.6) is 11.5 Å². The van der Waals surface area contributed by atoms with Gasteiger partial charge in [-0.2, -0.15) is 5.26 Å². The molecule has 172 valence electrons. The summed E-state index contributed by atoms with van der Waals surface area (Å²) in [5, 5.41) is 21.7. The van der Waals surface area contributed by atoms with Crippen molar-refractivity contribution >= 4 is 57.8 Å². The summed E-state index contributed by atoms with van der Waals surface area (Å²) in [6, 6.07) is 18.3. The van der Waals surface area contributed by atoms with Gasteiger partial charge < -0.3 is 19.9 Å². The first-order valence-electron chi connectivity index (χ1n) is 9.82. The Bertz CT molecular complexity index is 1280. The number of hydrogen-bond donors (Lipinski definition) is 2. The first-order chi connectivity index (χ1) is 16.3. The quantitative estimate of drug-likeness (QED) is 0.196. The smallest absolute Gasteiger partial charge is 0.335 e. The first kappa shape index (κ1) is 25.1. The van der Waals surface area contributed by atoms with Crippen molar-refractivity contribution in [3.63, 3.8) is 0 Å². The highest BCUT2D eigenvalue weighted by molar-refractivity contribution is 14.1. The zero-order valence-corrected chi connectivity index (χ0v) is 20.8. The van der Waals surface area contributed by atoms with Crippen LogP contribution in [0.25, 0.3) is 6.08 Å². The lowest BCUT2D eigenvalue weighted by atomic mass is 10.1. The van der Waals surface area contributed by atoms with Gasteiger partial charge in [0.05, 0.1) is 16.2 Å². The number of carbonyl (C=O) groups excluding carboxylic acids is 1. The van der Waals surface area contributed by atoms with Gasteiger partial charge in [-0.15, -0.1) is 0 Å². The topological polar surface area (TPSA) is 109 Å². The van der Waals surface area contributed by atoms with Gasteiger partial charge in [0.15, 0.2) is 11.5 Å². The fraction of sp³-hybridized carbons (Fsp3) is 0.0800. The Morgan fingerprint density at radius 2 is 1.82 bits per heavy atom. The SMILES string of the molecule is COc1cc(/C=C(/C#N)C(=O)Nc2ccc(Cl)cc2)cc(I)c1OCc1ccc(C(=O)O)cc1. The van der Waals surface area contributed by atoms with E-state index >= 15 is 0 Å². The number of carboxylic acids is 1. The summed E-state index contributed by atoms with van der Waals surface area (Å²) in [5.74, 6) is -0.628. The minimum atomic E-state index is -0.995. The molecule has 0 bridgehead atoms. The minimum Gasteiger partial charge on any atom is -0.493 e. The van der Waals surface area contributed by atoms with Crippen molar-refractivity contribution in [1.82, 2.24) is 0 Å². The molecule has 2 N–H and O–H groups in total. The molecular weight excluding hydrogens is 571 g/mol. The number of halogens is 2.